The van der Waals surface area contributed by atoms with Gasteiger partial charge in [-0.1, -0.05) is 0 Å². The van der Waals surface area contributed by atoms with Gasteiger partial charge in [-0.3, -0.25) is 0 Å². The Balaban J connectivity index is 0.000000222. The van der Waals surface area contributed by atoms with E-state index in [1.54, 1.807) is 7.11 Å². The first kappa shape index (κ1) is 7.78. The molecular formula is C4H8F2O2. The zero-order chi connectivity index (χ0) is 6.41. The highest BCUT2D eigenvalue weighted by molar-refractivity contribution is 4.66. The Kier molecular flexibility index (Phi) is 4.79. The molecule has 1 atom stereocenters. The second-order valence-corrected chi connectivity index (χ2v) is 1.41. The van der Waals surface area contributed by atoms with Crippen molar-refractivity contribution in [2.45, 2.75) is 6.10 Å². The highest BCUT2D eigenvalue weighted by Crippen LogP contribution is 2.06. The maximum Gasteiger partial charge on any atom is 0.104 e. The summed E-state index contributed by atoms with van der Waals surface area (Å²) >= 11 is 0. The number of rotatable bonds is 2. The summed E-state index contributed by atoms with van der Waals surface area (Å²) in [6.45, 7) is 1.66. The van der Waals surface area contributed by atoms with Crippen molar-refractivity contribution >= 4 is 0 Å². The van der Waals surface area contributed by atoms with E-state index in [-0.39, 0.29) is 0 Å². The Morgan fingerprint density at radius 3 is 2.38 bits per heavy atom. The molecular weight excluding hydrogens is 118 g/mol. The summed E-state index contributed by atoms with van der Waals surface area (Å²) in [6, 6.07) is 0. The van der Waals surface area contributed by atoms with Gasteiger partial charge in [-0.2, -0.15) is 0 Å². The third-order valence-electron chi connectivity index (χ3n) is 0.755. The molecule has 1 aliphatic heterocycles. The largest absolute Gasteiger partial charge is 0.382 e. The van der Waals surface area contributed by atoms with Crippen LogP contribution in [0.2, 0.25) is 0 Å². The van der Waals surface area contributed by atoms with E-state index in [0.29, 0.717) is 6.10 Å². The Morgan fingerprint density at radius 2 is 2.25 bits per heavy atom. The van der Waals surface area contributed by atoms with E-state index in [1.165, 1.54) is 0 Å². The lowest BCUT2D eigenvalue weighted by Crippen LogP contribution is -1.94. The normalized spacial score (nSPS) is 23.6. The number of ether oxygens (including phenoxy) is 2. The van der Waals surface area contributed by atoms with Gasteiger partial charge in [0.05, 0.1) is 13.2 Å². The summed E-state index contributed by atoms with van der Waals surface area (Å²) in [5.41, 5.74) is 0. The van der Waals surface area contributed by atoms with Crippen LogP contribution in [0.15, 0.2) is 0 Å². The highest BCUT2D eigenvalue weighted by Gasteiger charge is 2.21. The molecule has 0 radical (unpaired) electrons. The Morgan fingerprint density at radius 1 is 1.75 bits per heavy atom. The van der Waals surface area contributed by atoms with Crippen LogP contribution in [0.5, 0.6) is 0 Å². The molecule has 0 spiro atoms. The van der Waals surface area contributed by atoms with E-state index >= 15 is 0 Å². The fourth-order valence-electron chi connectivity index (χ4n) is 0.350. The zero-order valence-corrected chi connectivity index (χ0v) is 4.56. The van der Waals surface area contributed by atoms with Crippen LogP contribution in [0.3, 0.4) is 0 Å². The Labute approximate surface area is 46.3 Å². The Bertz CT molecular complexity index is 47.3. The predicted molar refractivity (Wildman–Crippen MR) is 23.8 cm³/mol. The van der Waals surface area contributed by atoms with Crippen molar-refractivity contribution in [2.24, 2.45) is 0 Å². The molecule has 1 fully saturated rings. The first-order valence-electron chi connectivity index (χ1n) is 2.18. The van der Waals surface area contributed by atoms with E-state index in [9.17, 15) is 0 Å². The number of hydrogen-bond donors (Lipinski definition) is 0. The van der Waals surface area contributed by atoms with Gasteiger partial charge in [0.2, 0.25) is 0 Å². The predicted octanol–water partition coefficient (Wildman–Crippen LogP) is 0.872. The fraction of sp³-hybridized carbons (Fsp3) is 1.00. The summed E-state index contributed by atoms with van der Waals surface area (Å²) in [4.78, 5) is 0. The minimum atomic E-state index is 0.426. The molecule has 0 bridgehead atoms. The number of halogens is 2. The molecule has 4 heteroatoms. The quantitative estimate of drug-likeness (QED) is 0.512. The second kappa shape index (κ2) is 4.93. The summed E-state index contributed by atoms with van der Waals surface area (Å²) in [5, 5.41) is 0. The van der Waals surface area contributed by atoms with Gasteiger partial charge in [-0.25, -0.2) is 0 Å². The van der Waals surface area contributed by atoms with Crippen LogP contribution in [0.4, 0.5) is 9.15 Å². The van der Waals surface area contributed by atoms with E-state index in [1.807, 2.05) is 0 Å². The molecule has 1 unspecified atom stereocenters. The van der Waals surface area contributed by atoms with Crippen molar-refractivity contribution < 1.29 is 18.6 Å². The molecule has 1 aliphatic rings. The molecule has 0 amide bonds. The molecule has 0 N–H and O–H groups in total. The van der Waals surface area contributed by atoms with Gasteiger partial charge in [0.15, 0.2) is 0 Å². The molecule has 0 saturated carbocycles. The van der Waals surface area contributed by atoms with Crippen LogP contribution >= 0.6 is 0 Å². The summed E-state index contributed by atoms with van der Waals surface area (Å²) in [7, 11) is 1.68. The van der Waals surface area contributed by atoms with Crippen molar-refractivity contribution in [3.8, 4) is 0 Å². The van der Waals surface area contributed by atoms with Crippen LogP contribution in [0, 0.1) is 0 Å². The third-order valence-corrected chi connectivity index (χ3v) is 0.755. The SMILES string of the molecule is COCC1CO1.FF. The van der Waals surface area contributed by atoms with Crippen molar-refractivity contribution in [2.75, 3.05) is 20.3 Å². The smallest absolute Gasteiger partial charge is 0.104 e. The lowest BCUT2D eigenvalue weighted by atomic mass is 10.5. The van der Waals surface area contributed by atoms with Crippen LogP contribution in [-0.4, -0.2) is 26.4 Å². The van der Waals surface area contributed by atoms with Crippen LogP contribution in [0.1, 0.15) is 0 Å². The minimum absolute atomic E-state index is 0.426. The average molecular weight is 126 g/mol. The molecule has 1 rings (SSSR count). The number of methoxy groups -OCH3 is 1. The fourth-order valence-corrected chi connectivity index (χ4v) is 0.350. The zero-order valence-electron chi connectivity index (χ0n) is 4.56. The standard InChI is InChI=1S/C4H8O2.F2/c1-5-2-4-3-6-4;1-2/h4H,2-3H2,1H3;. The summed E-state index contributed by atoms with van der Waals surface area (Å²) in [5.74, 6) is 0. The maximum absolute atomic E-state index is 8.00. The van der Waals surface area contributed by atoms with Gasteiger partial charge in [0.25, 0.3) is 0 Å². The average Bonchev–Trinajstić information content (AvgIpc) is 2.57. The van der Waals surface area contributed by atoms with E-state index in [2.05, 4.69) is 0 Å². The van der Waals surface area contributed by atoms with Crippen molar-refractivity contribution in [1.29, 1.82) is 0 Å². The number of hydrogen-bond acceptors (Lipinski definition) is 2. The van der Waals surface area contributed by atoms with E-state index in [4.69, 9.17) is 18.6 Å². The lowest BCUT2D eigenvalue weighted by Gasteiger charge is -1.84. The van der Waals surface area contributed by atoms with Crippen molar-refractivity contribution in [1.82, 2.24) is 0 Å². The monoisotopic (exact) mass is 126 g/mol. The van der Waals surface area contributed by atoms with Gasteiger partial charge in [-0.15, -0.1) is 0 Å². The molecule has 50 valence electrons. The van der Waals surface area contributed by atoms with E-state index in [0.717, 1.165) is 13.2 Å². The molecule has 8 heavy (non-hydrogen) atoms. The minimum Gasteiger partial charge on any atom is -0.382 e. The highest BCUT2D eigenvalue weighted by atomic mass is 20.0. The first-order chi connectivity index (χ1) is 3.93. The van der Waals surface area contributed by atoms with Crippen molar-refractivity contribution in [3.05, 3.63) is 0 Å². The van der Waals surface area contributed by atoms with Gasteiger partial charge < -0.3 is 9.47 Å². The number of epoxide rings is 1. The van der Waals surface area contributed by atoms with Gasteiger partial charge in [0, 0.05) is 16.3 Å². The molecule has 1 saturated heterocycles. The lowest BCUT2D eigenvalue weighted by molar-refractivity contribution is 0.108. The molecule has 0 aromatic heterocycles. The van der Waals surface area contributed by atoms with Crippen molar-refractivity contribution in [3.63, 3.8) is 0 Å². The van der Waals surface area contributed by atoms with Gasteiger partial charge in [0.1, 0.15) is 6.10 Å². The maximum atomic E-state index is 8.00. The van der Waals surface area contributed by atoms with Crippen LogP contribution in [0.25, 0.3) is 0 Å². The first-order valence-corrected chi connectivity index (χ1v) is 2.18. The van der Waals surface area contributed by atoms with Crippen LogP contribution < -0.4 is 0 Å². The second-order valence-electron chi connectivity index (χ2n) is 1.41. The Hall–Kier alpha value is -0.220. The molecule has 1 heterocycles. The topological polar surface area (TPSA) is 21.8 Å². The van der Waals surface area contributed by atoms with E-state index < -0.39 is 0 Å². The summed E-state index contributed by atoms with van der Waals surface area (Å²) in [6.07, 6.45) is 0.426. The molecule has 0 aromatic carbocycles. The third kappa shape index (κ3) is 3.95. The molecule has 0 aliphatic carbocycles. The van der Waals surface area contributed by atoms with Gasteiger partial charge >= 0.3 is 0 Å². The molecule has 2 nitrogen and oxygen atoms in total. The summed E-state index contributed by atoms with van der Waals surface area (Å²) < 4.78 is 25.6. The molecule has 0 aromatic rings. The van der Waals surface area contributed by atoms with Crippen LogP contribution in [-0.2, 0) is 9.47 Å². The van der Waals surface area contributed by atoms with Gasteiger partial charge in [-0.05, 0) is 0 Å².